The van der Waals surface area contributed by atoms with Crippen LogP contribution in [-0.2, 0) is 0 Å². The van der Waals surface area contributed by atoms with Gasteiger partial charge in [-0.1, -0.05) is 18.2 Å². The SMILES string of the molecule is O[C@@H]1c2cc(Oc3ccc4ccccc4n3)ccc2OC[C@@H]1Oc1cccnc1. The second-order valence-corrected chi connectivity index (χ2v) is 6.74. The summed E-state index contributed by atoms with van der Waals surface area (Å²) in [7, 11) is 0. The molecule has 1 aliphatic heterocycles. The highest BCUT2D eigenvalue weighted by Crippen LogP contribution is 2.37. The van der Waals surface area contributed by atoms with E-state index in [2.05, 4.69) is 9.97 Å². The van der Waals surface area contributed by atoms with Gasteiger partial charge in [0.1, 0.15) is 30.0 Å². The van der Waals surface area contributed by atoms with Gasteiger partial charge in [0.25, 0.3) is 0 Å². The van der Waals surface area contributed by atoms with E-state index in [1.807, 2.05) is 36.4 Å². The number of nitrogens with zero attached hydrogens (tertiary/aromatic N) is 2. The molecule has 5 rings (SSSR count). The number of para-hydroxylation sites is 1. The summed E-state index contributed by atoms with van der Waals surface area (Å²) >= 11 is 0. The molecule has 0 saturated heterocycles. The first-order valence-electron chi connectivity index (χ1n) is 9.31. The van der Waals surface area contributed by atoms with E-state index >= 15 is 0 Å². The molecule has 4 aromatic rings. The van der Waals surface area contributed by atoms with Gasteiger partial charge in [-0.15, -0.1) is 0 Å². The molecular formula is C23H18N2O4. The molecule has 0 fully saturated rings. The average molecular weight is 386 g/mol. The zero-order valence-corrected chi connectivity index (χ0v) is 15.4. The molecule has 0 aliphatic carbocycles. The van der Waals surface area contributed by atoms with Crippen LogP contribution in [0.15, 0.2) is 79.1 Å². The first-order valence-corrected chi connectivity index (χ1v) is 9.31. The Labute approximate surface area is 167 Å². The summed E-state index contributed by atoms with van der Waals surface area (Å²) in [6.45, 7) is 0.246. The first kappa shape index (κ1) is 17.5. The van der Waals surface area contributed by atoms with E-state index in [-0.39, 0.29) is 6.61 Å². The van der Waals surface area contributed by atoms with Gasteiger partial charge in [0.15, 0.2) is 6.10 Å². The maximum atomic E-state index is 10.8. The third kappa shape index (κ3) is 3.58. The number of hydrogen-bond acceptors (Lipinski definition) is 6. The van der Waals surface area contributed by atoms with Gasteiger partial charge in [-0.05, 0) is 42.5 Å². The Morgan fingerprint density at radius 1 is 0.966 bits per heavy atom. The Bertz CT molecular complexity index is 1150. The molecule has 0 spiro atoms. The van der Waals surface area contributed by atoms with E-state index < -0.39 is 12.2 Å². The van der Waals surface area contributed by atoms with Crippen LogP contribution in [0.4, 0.5) is 0 Å². The third-order valence-corrected chi connectivity index (χ3v) is 4.77. The Hall–Kier alpha value is -3.64. The van der Waals surface area contributed by atoms with Gasteiger partial charge in [0.2, 0.25) is 5.88 Å². The third-order valence-electron chi connectivity index (χ3n) is 4.77. The molecule has 1 N–H and O–H groups in total. The van der Waals surface area contributed by atoms with Crippen LogP contribution in [0.2, 0.25) is 0 Å². The lowest BCUT2D eigenvalue weighted by Crippen LogP contribution is -2.35. The molecule has 1 aliphatic rings. The van der Waals surface area contributed by atoms with Crippen molar-refractivity contribution in [3.05, 3.63) is 84.7 Å². The molecule has 6 heteroatoms. The second kappa shape index (κ2) is 7.41. The second-order valence-electron chi connectivity index (χ2n) is 6.74. The van der Waals surface area contributed by atoms with Gasteiger partial charge in [-0.2, -0.15) is 0 Å². The minimum atomic E-state index is -0.855. The molecule has 2 aromatic heterocycles. The first-order chi connectivity index (χ1) is 14.3. The van der Waals surface area contributed by atoms with Crippen LogP contribution in [0.1, 0.15) is 11.7 Å². The summed E-state index contributed by atoms with van der Waals surface area (Å²) in [4.78, 5) is 8.55. The summed E-state index contributed by atoms with van der Waals surface area (Å²) < 4.78 is 17.5. The van der Waals surface area contributed by atoms with Crippen LogP contribution >= 0.6 is 0 Å². The van der Waals surface area contributed by atoms with Crippen LogP contribution in [-0.4, -0.2) is 27.8 Å². The standard InChI is InChI=1S/C23H18N2O4/c26-23-18-12-16(29-22-10-7-15-4-1-2-6-19(15)25-22)8-9-20(18)27-14-21(23)28-17-5-3-11-24-13-17/h1-13,21,23,26H,14H2/t21-,23+/m0/s1. The number of ether oxygens (including phenoxy) is 3. The minimum absolute atomic E-state index is 0.246. The van der Waals surface area contributed by atoms with Crippen molar-refractivity contribution in [3.8, 4) is 23.1 Å². The van der Waals surface area contributed by atoms with Crippen LogP contribution < -0.4 is 14.2 Å². The van der Waals surface area contributed by atoms with Crippen molar-refractivity contribution >= 4 is 10.9 Å². The average Bonchev–Trinajstić information content (AvgIpc) is 2.77. The highest BCUT2D eigenvalue weighted by Gasteiger charge is 2.31. The van der Waals surface area contributed by atoms with E-state index in [4.69, 9.17) is 14.2 Å². The zero-order valence-electron chi connectivity index (χ0n) is 15.4. The molecule has 2 atom stereocenters. The van der Waals surface area contributed by atoms with Gasteiger partial charge in [-0.25, -0.2) is 4.98 Å². The van der Waals surface area contributed by atoms with Crippen molar-refractivity contribution < 1.29 is 19.3 Å². The number of aliphatic hydroxyl groups excluding tert-OH is 1. The lowest BCUT2D eigenvalue weighted by molar-refractivity contribution is -0.0105. The number of rotatable bonds is 4. The van der Waals surface area contributed by atoms with Crippen LogP contribution in [0.25, 0.3) is 10.9 Å². The van der Waals surface area contributed by atoms with Gasteiger partial charge in [0.05, 0.1) is 11.7 Å². The Kier molecular flexibility index (Phi) is 4.46. The number of fused-ring (bicyclic) bond motifs is 2. The maximum Gasteiger partial charge on any atom is 0.219 e. The predicted octanol–water partition coefficient (Wildman–Crippen LogP) is 4.30. The number of aromatic nitrogens is 2. The van der Waals surface area contributed by atoms with E-state index in [1.165, 1.54) is 0 Å². The summed E-state index contributed by atoms with van der Waals surface area (Å²) in [5, 5.41) is 11.9. The Morgan fingerprint density at radius 3 is 2.79 bits per heavy atom. The molecule has 0 bridgehead atoms. The number of hydrogen-bond donors (Lipinski definition) is 1. The quantitative estimate of drug-likeness (QED) is 0.564. The molecule has 6 nitrogen and oxygen atoms in total. The normalized spacial score (nSPS) is 18.0. The number of benzene rings is 2. The van der Waals surface area contributed by atoms with E-state index in [9.17, 15) is 5.11 Å². The summed E-state index contributed by atoms with van der Waals surface area (Å²) in [5.74, 6) is 2.24. The zero-order chi connectivity index (χ0) is 19.6. The van der Waals surface area contributed by atoms with Crippen molar-refractivity contribution in [3.63, 3.8) is 0 Å². The van der Waals surface area contributed by atoms with Gasteiger partial charge >= 0.3 is 0 Å². The van der Waals surface area contributed by atoms with Crippen molar-refractivity contribution in [2.24, 2.45) is 0 Å². The summed E-state index contributed by atoms with van der Waals surface area (Å²) in [6, 6.07) is 20.5. The molecule has 0 amide bonds. The topological polar surface area (TPSA) is 73.7 Å². The molecule has 3 heterocycles. The maximum absolute atomic E-state index is 10.8. The molecule has 2 aromatic carbocycles. The molecule has 0 unspecified atom stereocenters. The lowest BCUT2D eigenvalue weighted by atomic mass is 10.0. The lowest BCUT2D eigenvalue weighted by Gasteiger charge is -2.30. The largest absolute Gasteiger partial charge is 0.489 e. The van der Waals surface area contributed by atoms with Gasteiger partial charge in [-0.3, -0.25) is 4.98 Å². The molecule has 0 saturated carbocycles. The molecule has 144 valence electrons. The molecule has 29 heavy (non-hydrogen) atoms. The number of aliphatic hydroxyl groups is 1. The van der Waals surface area contributed by atoms with Crippen molar-refractivity contribution in [2.75, 3.05) is 6.61 Å². The van der Waals surface area contributed by atoms with Crippen LogP contribution in [0.5, 0.6) is 23.1 Å². The monoisotopic (exact) mass is 386 g/mol. The summed E-state index contributed by atoms with van der Waals surface area (Å²) in [5.41, 5.74) is 1.47. The van der Waals surface area contributed by atoms with Crippen molar-refractivity contribution in [1.82, 2.24) is 9.97 Å². The minimum Gasteiger partial charge on any atom is -0.489 e. The van der Waals surface area contributed by atoms with Gasteiger partial charge in [0, 0.05) is 23.2 Å². The van der Waals surface area contributed by atoms with E-state index in [1.54, 1.807) is 42.7 Å². The fourth-order valence-corrected chi connectivity index (χ4v) is 3.33. The fraction of sp³-hybridized carbons (Fsp3) is 0.130. The van der Waals surface area contributed by atoms with E-state index in [0.29, 0.717) is 28.7 Å². The van der Waals surface area contributed by atoms with Crippen LogP contribution in [0.3, 0.4) is 0 Å². The van der Waals surface area contributed by atoms with Crippen molar-refractivity contribution in [1.29, 1.82) is 0 Å². The highest BCUT2D eigenvalue weighted by atomic mass is 16.5. The fourth-order valence-electron chi connectivity index (χ4n) is 3.33. The molecule has 0 radical (unpaired) electrons. The summed E-state index contributed by atoms with van der Waals surface area (Å²) in [6.07, 6.45) is 1.88. The van der Waals surface area contributed by atoms with Gasteiger partial charge < -0.3 is 19.3 Å². The van der Waals surface area contributed by atoms with Crippen LogP contribution in [0, 0.1) is 0 Å². The van der Waals surface area contributed by atoms with E-state index in [0.717, 1.165) is 10.9 Å². The molecular weight excluding hydrogens is 368 g/mol. The Morgan fingerprint density at radius 2 is 1.90 bits per heavy atom. The number of pyridine rings is 2. The highest BCUT2D eigenvalue weighted by molar-refractivity contribution is 5.78. The predicted molar refractivity (Wildman–Crippen MR) is 107 cm³/mol. The van der Waals surface area contributed by atoms with Crippen molar-refractivity contribution in [2.45, 2.75) is 12.2 Å². The smallest absolute Gasteiger partial charge is 0.219 e. The Balaban J connectivity index is 1.38.